The first kappa shape index (κ1) is 27.1. The van der Waals surface area contributed by atoms with Crippen LogP contribution in [0.5, 0.6) is 0 Å². The van der Waals surface area contributed by atoms with Crippen LogP contribution in [0, 0.1) is 5.41 Å². The Kier molecular flexibility index (Phi) is 8.49. The Morgan fingerprint density at radius 2 is 1.89 bits per heavy atom. The maximum atomic E-state index is 14.2. The number of fused-ring (bicyclic) bond motifs is 2. The zero-order chi connectivity index (χ0) is 26.6. The van der Waals surface area contributed by atoms with Crippen molar-refractivity contribution in [3.05, 3.63) is 60.7 Å². The number of ether oxygens (including phenoxy) is 1. The second-order valence-electron chi connectivity index (χ2n) is 10.5. The van der Waals surface area contributed by atoms with Crippen LogP contribution in [0.25, 0.3) is 0 Å². The summed E-state index contributed by atoms with van der Waals surface area (Å²) in [5, 5.41) is 9.07. The average Bonchev–Trinajstić information content (AvgIpc) is 3.13. The molecule has 0 saturated carbocycles. The van der Waals surface area contributed by atoms with Crippen LogP contribution in [0.1, 0.15) is 62.6 Å². The van der Waals surface area contributed by atoms with E-state index in [-0.39, 0.29) is 23.8 Å². The predicted octanol–water partition coefficient (Wildman–Crippen LogP) is 2.76. The molecule has 8 nitrogen and oxygen atoms in total. The highest BCUT2D eigenvalue weighted by Crippen LogP contribution is 2.48. The van der Waals surface area contributed by atoms with Crippen LogP contribution in [0.15, 0.2) is 49.6 Å². The number of carbonyl (C=O) groups is 3. The van der Waals surface area contributed by atoms with Gasteiger partial charge >= 0.3 is 0 Å². The van der Waals surface area contributed by atoms with Crippen molar-refractivity contribution in [2.45, 2.75) is 82.3 Å². The van der Waals surface area contributed by atoms with Crippen molar-refractivity contribution in [3.8, 4) is 0 Å². The van der Waals surface area contributed by atoms with E-state index in [9.17, 15) is 14.4 Å². The van der Waals surface area contributed by atoms with Gasteiger partial charge in [0.05, 0.1) is 18.7 Å². The zero-order valence-corrected chi connectivity index (χ0v) is 22.0. The van der Waals surface area contributed by atoms with E-state index in [0.29, 0.717) is 32.3 Å². The SMILES string of the molecule is C=CCC1(CC=C)CC2OCC[C@H](NC(=O)[C@H](C)NC)C(=O)N2C1C(=O)N[C@@H]1CCCc2ccccc21. The van der Waals surface area contributed by atoms with Crippen LogP contribution in [-0.4, -0.2) is 60.6 Å². The van der Waals surface area contributed by atoms with Crippen LogP contribution in [-0.2, 0) is 25.5 Å². The molecular weight excluding hydrogens is 468 g/mol. The van der Waals surface area contributed by atoms with Crippen LogP contribution in [0.2, 0.25) is 0 Å². The molecule has 0 spiro atoms. The molecule has 3 N–H and O–H groups in total. The molecule has 2 heterocycles. The first-order valence-corrected chi connectivity index (χ1v) is 13.4. The molecule has 5 atom stereocenters. The van der Waals surface area contributed by atoms with Crippen molar-refractivity contribution >= 4 is 17.7 Å². The number of allylic oxidation sites excluding steroid dienone is 2. The van der Waals surface area contributed by atoms with Gasteiger partial charge in [-0.2, -0.15) is 0 Å². The summed E-state index contributed by atoms with van der Waals surface area (Å²) in [6.45, 7) is 9.96. The second-order valence-corrected chi connectivity index (χ2v) is 10.5. The number of amides is 3. The summed E-state index contributed by atoms with van der Waals surface area (Å²) in [7, 11) is 1.70. The van der Waals surface area contributed by atoms with E-state index in [2.05, 4.69) is 41.2 Å². The molecule has 2 saturated heterocycles. The molecule has 3 amide bonds. The Bertz CT molecular complexity index is 1030. The Morgan fingerprint density at radius 3 is 2.59 bits per heavy atom. The molecule has 1 aromatic rings. The number of nitrogens with zero attached hydrogens (tertiary/aromatic N) is 1. The Balaban J connectivity index is 1.67. The number of hydrogen-bond acceptors (Lipinski definition) is 5. The highest BCUT2D eigenvalue weighted by Gasteiger charge is 2.58. The molecule has 2 aliphatic heterocycles. The number of rotatable bonds is 9. The minimum absolute atomic E-state index is 0.114. The van der Waals surface area contributed by atoms with Crippen molar-refractivity contribution in [2.24, 2.45) is 5.41 Å². The van der Waals surface area contributed by atoms with Gasteiger partial charge in [-0.3, -0.25) is 14.4 Å². The molecule has 4 rings (SSSR count). The second kappa shape index (κ2) is 11.6. The van der Waals surface area contributed by atoms with Crippen molar-refractivity contribution in [2.75, 3.05) is 13.7 Å². The number of aryl methyl sites for hydroxylation is 1. The van der Waals surface area contributed by atoms with E-state index >= 15 is 0 Å². The molecule has 0 aromatic heterocycles. The summed E-state index contributed by atoms with van der Waals surface area (Å²) in [5.74, 6) is -0.736. The van der Waals surface area contributed by atoms with E-state index in [1.807, 2.05) is 24.3 Å². The van der Waals surface area contributed by atoms with Crippen LogP contribution in [0.4, 0.5) is 0 Å². The standard InChI is InChI=1S/C29H40N4O4/c1-5-15-29(16-6-2)18-24-33(28(36)23(14-17-37-24)32-26(34)19(3)30-4)25(29)27(35)31-22-13-9-11-20-10-7-8-12-21(20)22/h5-8,10,12,19,22-25,30H,1-2,9,11,13-18H2,3-4H3,(H,31,35)(H,32,34)/t19-,22+,23-,24?,25?/m0/s1. The third kappa shape index (κ3) is 5.36. The highest BCUT2D eigenvalue weighted by molar-refractivity contribution is 5.94. The lowest BCUT2D eigenvalue weighted by Crippen LogP contribution is -2.59. The fourth-order valence-corrected chi connectivity index (χ4v) is 6.22. The fraction of sp³-hybridized carbons (Fsp3) is 0.552. The summed E-state index contributed by atoms with van der Waals surface area (Å²) in [5.41, 5.74) is 1.80. The van der Waals surface area contributed by atoms with Crippen LogP contribution < -0.4 is 16.0 Å². The van der Waals surface area contributed by atoms with Gasteiger partial charge in [-0.05, 0) is 57.2 Å². The predicted molar refractivity (Wildman–Crippen MR) is 142 cm³/mol. The molecule has 2 unspecified atom stereocenters. The molecule has 200 valence electrons. The van der Waals surface area contributed by atoms with Gasteiger partial charge in [-0.1, -0.05) is 36.4 Å². The summed E-state index contributed by atoms with van der Waals surface area (Å²) in [6.07, 6.45) is 7.84. The van der Waals surface area contributed by atoms with Gasteiger partial charge in [0.15, 0.2) is 0 Å². The van der Waals surface area contributed by atoms with E-state index in [0.717, 1.165) is 24.8 Å². The maximum absolute atomic E-state index is 14.2. The largest absolute Gasteiger partial charge is 0.358 e. The molecule has 1 aliphatic carbocycles. The number of hydrogen-bond donors (Lipinski definition) is 3. The normalized spacial score (nSPS) is 27.3. The van der Waals surface area contributed by atoms with Crippen LogP contribution in [0.3, 0.4) is 0 Å². The van der Waals surface area contributed by atoms with Gasteiger partial charge in [0.25, 0.3) is 0 Å². The Labute approximate surface area is 219 Å². The van der Waals surface area contributed by atoms with Crippen molar-refractivity contribution in [1.29, 1.82) is 0 Å². The zero-order valence-electron chi connectivity index (χ0n) is 22.0. The van der Waals surface area contributed by atoms with E-state index < -0.39 is 29.8 Å². The first-order valence-electron chi connectivity index (χ1n) is 13.4. The van der Waals surface area contributed by atoms with Gasteiger partial charge < -0.3 is 25.6 Å². The Morgan fingerprint density at radius 1 is 1.16 bits per heavy atom. The third-order valence-corrected chi connectivity index (χ3v) is 8.20. The smallest absolute Gasteiger partial charge is 0.247 e. The minimum Gasteiger partial charge on any atom is -0.358 e. The molecule has 2 fully saturated rings. The lowest BCUT2D eigenvalue weighted by Gasteiger charge is -2.38. The van der Waals surface area contributed by atoms with Gasteiger partial charge in [0.2, 0.25) is 17.7 Å². The first-order chi connectivity index (χ1) is 17.8. The number of carbonyl (C=O) groups excluding carboxylic acids is 3. The maximum Gasteiger partial charge on any atom is 0.247 e. The lowest BCUT2D eigenvalue weighted by atomic mass is 9.73. The summed E-state index contributed by atoms with van der Waals surface area (Å²) in [6, 6.07) is 6.13. The quantitative estimate of drug-likeness (QED) is 0.446. The Hall–Kier alpha value is -2.97. The molecular formula is C29H40N4O4. The molecule has 0 bridgehead atoms. The topological polar surface area (TPSA) is 99.8 Å². The van der Waals surface area contributed by atoms with Crippen molar-refractivity contribution in [3.63, 3.8) is 0 Å². The fourth-order valence-electron chi connectivity index (χ4n) is 6.22. The average molecular weight is 509 g/mol. The van der Waals surface area contributed by atoms with Gasteiger partial charge in [-0.25, -0.2) is 0 Å². The van der Waals surface area contributed by atoms with Crippen molar-refractivity contribution < 1.29 is 19.1 Å². The molecule has 0 radical (unpaired) electrons. The van der Waals surface area contributed by atoms with E-state index in [1.54, 1.807) is 18.9 Å². The van der Waals surface area contributed by atoms with Gasteiger partial charge in [-0.15, -0.1) is 13.2 Å². The third-order valence-electron chi connectivity index (χ3n) is 8.20. The molecule has 1 aromatic carbocycles. The van der Waals surface area contributed by atoms with Gasteiger partial charge in [0, 0.05) is 18.3 Å². The highest BCUT2D eigenvalue weighted by atomic mass is 16.5. The van der Waals surface area contributed by atoms with E-state index in [4.69, 9.17) is 4.74 Å². The molecule has 37 heavy (non-hydrogen) atoms. The summed E-state index contributed by atoms with van der Waals surface area (Å²) in [4.78, 5) is 42.3. The number of benzene rings is 1. The monoisotopic (exact) mass is 508 g/mol. The summed E-state index contributed by atoms with van der Waals surface area (Å²) < 4.78 is 6.16. The minimum atomic E-state index is -0.769. The lowest BCUT2D eigenvalue weighted by molar-refractivity contribution is -0.150. The van der Waals surface area contributed by atoms with Crippen LogP contribution >= 0.6 is 0 Å². The van der Waals surface area contributed by atoms with Gasteiger partial charge in [0.1, 0.15) is 18.3 Å². The molecule has 8 heteroatoms. The van der Waals surface area contributed by atoms with Crippen molar-refractivity contribution in [1.82, 2.24) is 20.9 Å². The molecule has 3 aliphatic rings. The number of likely N-dealkylation sites (N-methyl/N-ethyl adjacent to an activating group) is 1. The summed E-state index contributed by atoms with van der Waals surface area (Å²) >= 11 is 0. The van der Waals surface area contributed by atoms with E-state index in [1.165, 1.54) is 5.56 Å². The number of nitrogens with one attached hydrogen (secondary N) is 3.